The molecule has 2 aromatic rings. The summed E-state index contributed by atoms with van der Waals surface area (Å²) in [7, 11) is 0. The lowest BCUT2D eigenvalue weighted by molar-refractivity contribution is -0.163. The number of ether oxygens (including phenoxy) is 2. The highest BCUT2D eigenvalue weighted by Gasteiger charge is 2.45. The van der Waals surface area contributed by atoms with Gasteiger partial charge in [0.25, 0.3) is 11.8 Å². The zero-order chi connectivity index (χ0) is 30.2. The number of hydrogen-bond donors (Lipinski definition) is 3. The van der Waals surface area contributed by atoms with E-state index in [4.69, 9.17) is 15.2 Å². The van der Waals surface area contributed by atoms with Crippen molar-refractivity contribution in [3.8, 4) is 0 Å². The maximum Gasteiger partial charge on any atom is 0.411 e. The van der Waals surface area contributed by atoms with Gasteiger partial charge in [-0.1, -0.05) is 37.3 Å². The lowest BCUT2D eigenvalue weighted by Crippen LogP contribution is -2.56. The highest BCUT2D eigenvalue weighted by molar-refractivity contribution is 6.02. The van der Waals surface area contributed by atoms with E-state index in [1.807, 2.05) is 19.1 Å². The van der Waals surface area contributed by atoms with Crippen molar-refractivity contribution in [2.24, 2.45) is 11.1 Å². The lowest BCUT2D eigenvalue weighted by Gasteiger charge is -2.41. The maximum atomic E-state index is 14.2. The van der Waals surface area contributed by atoms with Gasteiger partial charge in [0.1, 0.15) is 12.4 Å². The topological polar surface area (TPSA) is 140 Å². The molecule has 10 nitrogen and oxygen atoms in total. The SMILES string of the molecule is CCc1ccc(NC(=O)OCC2(C(=O)NCc3ccccc3F)CCN(C(=O)C(OC(C)(C)C)C(N)=O)CC2)cc1. The molecule has 0 aromatic heterocycles. The molecule has 1 aliphatic heterocycles. The van der Waals surface area contributed by atoms with Crippen LogP contribution in [-0.4, -0.2) is 60.1 Å². The average molecular weight is 571 g/mol. The quantitative estimate of drug-likeness (QED) is 0.374. The summed E-state index contributed by atoms with van der Waals surface area (Å²) in [6.07, 6.45) is -1.10. The first kappa shape index (κ1) is 31.5. The van der Waals surface area contributed by atoms with Gasteiger partial charge in [0.15, 0.2) is 0 Å². The average Bonchev–Trinajstić information content (AvgIpc) is 2.94. The molecule has 41 heavy (non-hydrogen) atoms. The lowest BCUT2D eigenvalue weighted by atomic mass is 9.78. The Hall–Kier alpha value is -3.99. The molecule has 1 saturated heterocycles. The number of piperidine rings is 1. The van der Waals surface area contributed by atoms with E-state index >= 15 is 0 Å². The van der Waals surface area contributed by atoms with Gasteiger partial charge in [-0.25, -0.2) is 9.18 Å². The van der Waals surface area contributed by atoms with Crippen LogP contribution in [0.3, 0.4) is 0 Å². The second-order valence-corrected chi connectivity index (χ2v) is 11.1. The predicted octanol–water partition coefficient (Wildman–Crippen LogP) is 3.53. The Morgan fingerprint density at radius 1 is 1.05 bits per heavy atom. The summed E-state index contributed by atoms with van der Waals surface area (Å²) in [6, 6.07) is 13.4. The highest BCUT2D eigenvalue weighted by Crippen LogP contribution is 2.33. The van der Waals surface area contributed by atoms with Crippen molar-refractivity contribution in [1.82, 2.24) is 10.2 Å². The van der Waals surface area contributed by atoms with Crippen molar-refractivity contribution in [2.45, 2.75) is 65.2 Å². The van der Waals surface area contributed by atoms with Gasteiger partial charge in [0, 0.05) is 30.9 Å². The Morgan fingerprint density at radius 3 is 2.24 bits per heavy atom. The Bertz CT molecular complexity index is 1240. The number of halogens is 1. The van der Waals surface area contributed by atoms with Crippen LogP contribution in [0.25, 0.3) is 0 Å². The van der Waals surface area contributed by atoms with Crippen molar-refractivity contribution in [1.29, 1.82) is 0 Å². The number of nitrogens with zero attached hydrogens (tertiary/aromatic N) is 1. The predicted molar refractivity (Wildman–Crippen MR) is 151 cm³/mol. The van der Waals surface area contributed by atoms with E-state index in [0.717, 1.165) is 12.0 Å². The second kappa shape index (κ2) is 13.6. The number of benzene rings is 2. The zero-order valence-electron chi connectivity index (χ0n) is 24.0. The molecule has 1 unspecified atom stereocenters. The van der Waals surface area contributed by atoms with Crippen molar-refractivity contribution in [3.05, 3.63) is 65.5 Å². The van der Waals surface area contributed by atoms with Gasteiger partial charge in [0.05, 0.1) is 11.0 Å². The van der Waals surface area contributed by atoms with E-state index < -0.39 is 46.8 Å². The molecule has 0 saturated carbocycles. The van der Waals surface area contributed by atoms with Crippen LogP contribution >= 0.6 is 0 Å². The number of carbonyl (C=O) groups is 4. The molecule has 4 N–H and O–H groups in total. The smallest absolute Gasteiger partial charge is 0.411 e. The third kappa shape index (κ3) is 8.75. The first-order chi connectivity index (χ1) is 19.3. The van der Waals surface area contributed by atoms with Crippen molar-refractivity contribution < 1.29 is 33.0 Å². The number of nitrogens with one attached hydrogen (secondary N) is 2. The van der Waals surface area contributed by atoms with Crippen molar-refractivity contribution in [2.75, 3.05) is 25.0 Å². The summed E-state index contributed by atoms with van der Waals surface area (Å²) in [5, 5.41) is 5.42. The number of anilines is 1. The normalized spacial score (nSPS) is 15.5. The largest absolute Gasteiger partial charge is 0.448 e. The minimum Gasteiger partial charge on any atom is -0.448 e. The van der Waals surface area contributed by atoms with Crippen LogP contribution < -0.4 is 16.4 Å². The summed E-state index contributed by atoms with van der Waals surface area (Å²) >= 11 is 0. The van der Waals surface area contributed by atoms with Gasteiger partial charge in [-0.15, -0.1) is 0 Å². The molecule has 1 aliphatic rings. The van der Waals surface area contributed by atoms with E-state index in [1.165, 1.54) is 11.0 Å². The van der Waals surface area contributed by atoms with Crippen LogP contribution in [0, 0.1) is 11.2 Å². The number of rotatable bonds is 10. The molecule has 0 radical (unpaired) electrons. The number of hydrogen-bond acceptors (Lipinski definition) is 6. The Morgan fingerprint density at radius 2 is 1.68 bits per heavy atom. The minimum atomic E-state index is -1.47. The van der Waals surface area contributed by atoms with E-state index in [1.54, 1.807) is 51.1 Å². The van der Waals surface area contributed by atoms with Crippen molar-refractivity contribution in [3.63, 3.8) is 0 Å². The summed E-state index contributed by atoms with van der Waals surface area (Å²) in [5.74, 6) is -2.40. The molecule has 2 aromatic carbocycles. The van der Waals surface area contributed by atoms with E-state index in [-0.39, 0.29) is 39.1 Å². The number of amides is 4. The number of aryl methyl sites for hydroxylation is 1. The minimum absolute atomic E-state index is 0.0605. The van der Waals surface area contributed by atoms with Crippen LogP contribution in [-0.2, 0) is 36.8 Å². The Labute approximate surface area is 239 Å². The number of carbonyl (C=O) groups excluding carboxylic acids is 4. The standard InChI is InChI=1S/C30H39FN4O6/c1-5-20-10-12-22(13-11-20)34-28(39)40-19-30(27(38)33-18-21-8-6-7-9-23(21)31)14-16-35(17-15-30)26(37)24(25(32)36)41-29(2,3)4/h6-13,24H,5,14-19H2,1-4H3,(H2,32,36)(H,33,38)(H,34,39). The third-order valence-electron chi connectivity index (χ3n) is 6.95. The molecular formula is C30H39FN4O6. The molecule has 3 rings (SSSR count). The fraction of sp³-hybridized carbons (Fsp3) is 0.467. The van der Waals surface area contributed by atoms with Crippen LogP contribution in [0.15, 0.2) is 48.5 Å². The molecular weight excluding hydrogens is 531 g/mol. The molecule has 11 heteroatoms. The van der Waals surface area contributed by atoms with E-state index in [2.05, 4.69) is 10.6 Å². The van der Waals surface area contributed by atoms with Crippen LogP contribution in [0.2, 0.25) is 0 Å². The van der Waals surface area contributed by atoms with Gasteiger partial charge in [-0.3, -0.25) is 19.7 Å². The third-order valence-corrected chi connectivity index (χ3v) is 6.95. The van der Waals surface area contributed by atoms with Gasteiger partial charge < -0.3 is 25.4 Å². The zero-order valence-corrected chi connectivity index (χ0v) is 24.0. The molecule has 1 fully saturated rings. The molecule has 0 spiro atoms. The molecule has 1 atom stereocenters. The van der Waals surface area contributed by atoms with Crippen LogP contribution in [0.5, 0.6) is 0 Å². The molecule has 1 heterocycles. The fourth-order valence-corrected chi connectivity index (χ4v) is 4.53. The van der Waals surface area contributed by atoms with Crippen LogP contribution in [0.1, 0.15) is 51.7 Å². The molecule has 222 valence electrons. The maximum absolute atomic E-state index is 14.2. The molecule has 0 aliphatic carbocycles. The number of primary amides is 1. The van der Waals surface area contributed by atoms with Gasteiger partial charge >= 0.3 is 6.09 Å². The Balaban J connectivity index is 1.72. The summed E-state index contributed by atoms with van der Waals surface area (Å²) in [4.78, 5) is 52.7. The van der Waals surface area contributed by atoms with Gasteiger partial charge in [-0.2, -0.15) is 0 Å². The highest BCUT2D eigenvalue weighted by atomic mass is 19.1. The van der Waals surface area contributed by atoms with E-state index in [9.17, 15) is 23.6 Å². The fourth-order valence-electron chi connectivity index (χ4n) is 4.53. The van der Waals surface area contributed by atoms with Crippen LogP contribution in [0.4, 0.5) is 14.9 Å². The monoisotopic (exact) mass is 570 g/mol. The summed E-state index contributed by atoms with van der Waals surface area (Å²) in [6.45, 7) is 6.99. The number of nitrogens with two attached hydrogens (primary N) is 1. The summed E-state index contributed by atoms with van der Waals surface area (Å²) in [5.41, 5.74) is 5.43. The first-order valence-electron chi connectivity index (χ1n) is 13.6. The van der Waals surface area contributed by atoms with Gasteiger partial charge in [0.2, 0.25) is 12.0 Å². The second-order valence-electron chi connectivity index (χ2n) is 11.1. The van der Waals surface area contributed by atoms with Gasteiger partial charge in [-0.05, 0) is 63.8 Å². The molecule has 4 amide bonds. The number of likely N-dealkylation sites (tertiary alicyclic amines) is 1. The summed E-state index contributed by atoms with van der Waals surface area (Å²) < 4.78 is 25.3. The van der Waals surface area contributed by atoms with Crippen molar-refractivity contribution >= 4 is 29.5 Å². The Kier molecular flexibility index (Phi) is 10.4. The molecule has 0 bridgehead atoms. The first-order valence-corrected chi connectivity index (χ1v) is 13.6. The van der Waals surface area contributed by atoms with E-state index in [0.29, 0.717) is 11.3 Å².